The van der Waals surface area contributed by atoms with Gasteiger partial charge in [0.25, 0.3) is 0 Å². The summed E-state index contributed by atoms with van der Waals surface area (Å²) in [4.78, 5) is 75.1. The highest BCUT2D eigenvalue weighted by Gasteiger charge is 2.43. The van der Waals surface area contributed by atoms with Crippen LogP contribution in [0.5, 0.6) is 0 Å². The molecule has 14 heteroatoms. The van der Waals surface area contributed by atoms with E-state index >= 15 is 0 Å². The molecule has 334 valence electrons. The molecule has 2 aromatic carbocycles. The first-order chi connectivity index (χ1) is 28.4. The van der Waals surface area contributed by atoms with Crippen molar-refractivity contribution in [1.29, 1.82) is 0 Å². The van der Waals surface area contributed by atoms with Crippen LogP contribution < -0.4 is 21.7 Å². The largest absolute Gasteiger partial charge is 0.399 e. The molecule has 0 saturated carbocycles. The summed E-state index contributed by atoms with van der Waals surface area (Å²) in [6.07, 6.45) is 0.994. The molecule has 1 aliphatic heterocycles. The van der Waals surface area contributed by atoms with E-state index in [2.05, 4.69) is 16.0 Å². The highest BCUT2D eigenvalue weighted by molar-refractivity contribution is 5.98. The average molecular weight is 836 g/mol. The fourth-order valence-electron chi connectivity index (χ4n) is 8.57. The minimum Gasteiger partial charge on any atom is -0.399 e. The molecule has 5 amide bonds. The van der Waals surface area contributed by atoms with Crippen LogP contribution >= 0.6 is 0 Å². The van der Waals surface area contributed by atoms with Crippen LogP contribution in [0.3, 0.4) is 0 Å². The molecule has 1 fully saturated rings. The van der Waals surface area contributed by atoms with Gasteiger partial charge in [-0.15, -0.1) is 0 Å². The standard InChI is InChI=1S/C46H73N7O7/c1-13-30(6)41(52(10)46(58)39(28(2)3)50-45(57)40(29(4)5)51(8)9)37(59-11)27-38(54)53-25-17-20-36(53)42(60-12)31(7)43(55)49-35(26-32-18-15-14-16-19-32)44(56)48-34-23-21-33(47)22-24-34/h14-16,18-19,21-24,28-31,35-37,39-42H,13,17,20,25-27,47H2,1-12H3,(H,48,56)(H,49,55)(H,50,57)/t30-,31+,35-,36?,37+,39-,40-,41-,42+/m0/s1. The number of methoxy groups -OCH3 is 2. The molecule has 14 nitrogen and oxygen atoms in total. The Morgan fingerprint density at radius 2 is 1.47 bits per heavy atom. The predicted octanol–water partition coefficient (Wildman–Crippen LogP) is 4.58. The third-order valence-corrected chi connectivity index (χ3v) is 12.0. The normalized spacial score (nSPS) is 18.2. The summed E-state index contributed by atoms with van der Waals surface area (Å²) in [6, 6.07) is 13.3. The van der Waals surface area contributed by atoms with Crippen LogP contribution in [-0.2, 0) is 39.9 Å². The maximum absolute atomic E-state index is 14.4. The van der Waals surface area contributed by atoms with Gasteiger partial charge in [0.2, 0.25) is 29.5 Å². The van der Waals surface area contributed by atoms with Crippen LogP contribution in [0, 0.1) is 23.7 Å². The van der Waals surface area contributed by atoms with E-state index in [1.165, 1.54) is 7.11 Å². The van der Waals surface area contributed by atoms with Crippen molar-refractivity contribution in [3.63, 3.8) is 0 Å². The SMILES string of the molecule is CC[C@H](C)[C@@H]([C@@H](CC(=O)N1CCCC1[C@H](OC)[C@@H](C)C(=O)N[C@@H](Cc1ccccc1)C(=O)Nc1ccc(N)cc1)OC)N(C)C(=O)[C@@H](NC(=O)[C@H](C(C)C)N(C)C)C(C)C. The number of likely N-dealkylation sites (N-methyl/N-ethyl adjacent to an activating group) is 2. The number of benzene rings is 2. The summed E-state index contributed by atoms with van der Waals surface area (Å²) >= 11 is 0. The molecule has 1 saturated heterocycles. The molecule has 9 atom stereocenters. The van der Waals surface area contributed by atoms with Crippen molar-refractivity contribution < 1.29 is 33.4 Å². The lowest BCUT2D eigenvalue weighted by Gasteiger charge is -2.41. The summed E-state index contributed by atoms with van der Waals surface area (Å²) in [5.74, 6) is -2.31. The van der Waals surface area contributed by atoms with Crippen molar-refractivity contribution in [3.8, 4) is 0 Å². The minimum atomic E-state index is -0.897. The summed E-state index contributed by atoms with van der Waals surface area (Å²) < 4.78 is 12.1. The number of hydrogen-bond donors (Lipinski definition) is 4. The summed E-state index contributed by atoms with van der Waals surface area (Å²) in [5, 5.41) is 8.91. The third kappa shape index (κ3) is 13.2. The Balaban J connectivity index is 1.81. The van der Waals surface area contributed by atoms with Crippen LogP contribution in [0.1, 0.15) is 79.7 Å². The van der Waals surface area contributed by atoms with E-state index in [-0.39, 0.29) is 60.1 Å². The highest BCUT2D eigenvalue weighted by Crippen LogP contribution is 2.30. The van der Waals surface area contributed by atoms with E-state index in [0.29, 0.717) is 24.3 Å². The first kappa shape index (κ1) is 49.8. The summed E-state index contributed by atoms with van der Waals surface area (Å²) in [5.41, 5.74) is 7.83. The number of rotatable bonds is 22. The maximum atomic E-state index is 14.4. The van der Waals surface area contributed by atoms with Crippen molar-refractivity contribution in [3.05, 3.63) is 60.2 Å². The molecule has 0 bridgehead atoms. The number of carbonyl (C=O) groups excluding carboxylic acids is 5. The number of nitrogen functional groups attached to an aromatic ring is 1. The zero-order chi connectivity index (χ0) is 44.8. The number of carbonyl (C=O) groups is 5. The number of nitrogens with zero attached hydrogens (tertiary/aromatic N) is 3. The number of hydrogen-bond acceptors (Lipinski definition) is 9. The van der Waals surface area contributed by atoms with Crippen LogP contribution in [0.4, 0.5) is 11.4 Å². The number of anilines is 2. The van der Waals surface area contributed by atoms with Gasteiger partial charge in [-0.25, -0.2) is 0 Å². The highest BCUT2D eigenvalue weighted by atomic mass is 16.5. The van der Waals surface area contributed by atoms with Crippen LogP contribution in [-0.4, -0.2) is 129 Å². The molecular weight excluding hydrogens is 763 g/mol. The molecule has 0 aliphatic carbocycles. The lowest BCUT2D eigenvalue weighted by molar-refractivity contribution is -0.148. The van der Waals surface area contributed by atoms with Gasteiger partial charge in [-0.3, -0.25) is 28.9 Å². The lowest BCUT2D eigenvalue weighted by Crippen LogP contribution is -2.59. The van der Waals surface area contributed by atoms with E-state index in [1.54, 1.807) is 55.1 Å². The van der Waals surface area contributed by atoms with Gasteiger partial charge in [-0.2, -0.15) is 0 Å². The van der Waals surface area contributed by atoms with Crippen molar-refractivity contribution in [1.82, 2.24) is 25.3 Å². The van der Waals surface area contributed by atoms with Crippen molar-refractivity contribution in [2.45, 2.75) is 123 Å². The number of nitrogens with one attached hydrogen (secondary N) is 3. The molecule has 0 radical (unpaired) electrons. The fourth-order valence-corrected chi connectivity index (χ4v) is 8.57. The Morgan fingerprint density at radius 1 is 0.833 bits per heavy atom. The zero-order valence-electron chi connectivity index (χ0n) is 38.1. The Morgan fingerprint density at radius 3 is 2.00 bits per heavy atom. The van der Waals surface area contributed by atoms with Gasteiger partial charge in [-0.1, -0.05) is 85.2 Å². The molecule has 1 unspecified atom stereocenters. The monoisotopic (exact) mass is 836 g/mol. The smallest absolute Gasteiger partial charge is 0.247 e. The Hall–Kier alpha value is -4.53. The molecule has 60 heavy (non-hydrogen) atoms. The Kier molecular flexibility index (Phi) is 19.5. The van der Waals surface area contributed by atoms with E-state index in [9.17, 15) is 24.0 Å². The van der Waals surface area contributed by atoms with Gasteiger partial charge in [0.05, 0.1) is 42.7 Å². The zero-order valence-corrected chi connectivity index (χ0v) is 38.1. The third-order valence-electron chi connectivity index (χ3n) is 12.0. The van der Waals surface area contributed by atoms with Crippen LogP contribution in [0.15, 0.2) is 54.6 Å². The van der Waals surface area contributed by atoms with Gasteiger partial charge < -0.3 is 41.0 Å². The molecule has 1 aliphatic rings. The second-order valence-electron chi connectivity index (χ2n) is 17.3. The second kappa shape index (κ2) is 23.5. The van der Waals surface area contributed by atoms with Gasteiger partial charge in [0, 0.05) is 45.6 Å². The van der Waals surface area contributed by atoms with E-state index < -0.39 is 48.3 Å². The first-order valence-corrected chi connectivity index (χ1v) is 21.5. The Labute approximate surface area is 358 Å². The second-order valence-corrected chi connectivity index (χ2v) is 17.3. The average Bonchev–Trinajstić information content (AvgIpc) is 3.69. The molecule has 3 rings (SSSR count). The maximum Gasteiger partial charge on any atom is 0.247 e. The number of amides is 5. The number of ether oxygens (including phenoxy) is 2. The van der Waals surface area contributed by atoms with Crippen molar-refractivity contribution in [2.75, 3.05) is 53.0 Å². The minimum absolute atomic E-state index is 0.00411. The molecular formula is C46H73N7O7. The summed E-state index contributed by atoms with van der Waals surface area (Å²) in [6.45, 7) is 14.1. The molecule has 2 aromatic rings. The molecule has 1 heterocycles. The summed E-state index contributed by atoms with van der Waals surface area (Å²) in [7, 11) is 8.52. The topological polar surface area (TPSA) is 176 Å². The van der Waals surface area contributed by atoms with Gasteiger partial charge in [0.1, 0.15) is 12.1 Å². The lowest BCUT2D eigenvalue weighted by atomic mass is 9.89. The molecule has 0 aromatic heterocycles. The van der Waals surface area contributed by atoms with E-state index in [0.717, 1.165) is 18.4 Å². The van der Waals surface area contributed by atoms with Crippen molar-refractivity contribution in [2.24, 2.45) is 23.7 Å². The van der Waals surface area contributed by atoms with E-state index in [1.807, 2.05) is 90.9 Å². The predicted molar refractivity (Wildman–Crippen MR) is 237 cm³/mol. The van der Waals surface area contributed by atoms with Crippen LogP contribution in [0.2, 0.25) is 0 Å². The number of likely N-dealkylation sites (tertiary alicyclic amines) is 1. The van der Waals surface area contributed by atoms with Gasteiger partial charge in [-0.05, 0) is 74.5 Å². The number of nitrogens with two attached hydrogens (primary N) is 1. The van der Waals surface area contributed by atoms with Crippen molar-refractivity contribution >= 4 is 40.9 Å². The quantitative estimate of drug-likeness (QED) is 0.124. The Bertz CT molecular complexity index is 1680. The fraction of sp³-hybridized carbons (Fsp3) is 0.630. The molecule has 5 N–H and O–H groups in total. The first-order valence-electron chi connectivity index (χ1n) is 21.5. The van der Waals surface area contributed by atoms with Gasteiger partial charge in [0.15, 0.2) is 0 Å². The van der Waals surface area contributed by atoms with Crippen LogP contribution in [0.25, 0.3) is 0 Å². The van der Waals surface area contributed by atoms with E-state index in [4.69, 9.17) is 15.2 Å². The van der Waals surface area contributed by atoms with Gasteiger partial charge >= 0.3 is 0 Å². The molecule has 0 spiro atoms.